The standard InChI is InChI=1S/C11H9BrNO2S/c12-8-1-2-11(15-4-3-14)9(5-8)10-6-16-7-13-10/h1-2,5-6,14H,3-4H2. The van der Waals surface area contributed by atoms with Crippen molar-refractivity contribution in [3.05, 3.63) is 33.6 Å². The monoisotopic (exact) mass is 298 g/mol. The highest BCUT2D eigenvalue weighted by Gasteiger charge is 2.08. The van der Waals surface area contributed by atoms with Gasteiger partial charge in [0.15, 0.2) is 5.51 Å². The van der Waals surface area contributed by atoms with Crippen LogP contribution in [0.25, 0.3) is 11.3 Å². The van der Waals surface area contributed by atoms with Gasteiger partial charge < -0.3 is 9.84 Å². The molecule has 0 saturated heterocycles. The Bertz CT molecular complexity index is 459. The Morgan fingerprint density at radius 2 is 2.38 bits per heavy atom. The molecule has 1 aromatic carbocycles. The van der Waals surface area contributed by atoms with Crippen molar-refractivity contribution in [1.82, 2.24) is 4.98 Å². The Balaban J connectivity index is 2.37. The molecule has 0 unspecified atom stereocenters. The zero-order valence-corrected chi connectivity index (χ0v) is 10.7. The summed E-state index contributed by atoms with van der Waals surface area (Å²) in [6.45, 7) is 0.279. The van der Waals surface area contributed by atoms with E-state index >= 15 is 0 Å². The summed E-state index contributed by atoms with van der Waals surface area (Å²) in [5.41, 5.74) is 4.54. The van der Waals surface area contributed by atoms with E-state index in [1.54, 1.807) is 0 Å². The van der Waals surface area contributed by atoms with Crippen molar-refractivity contribution in [2.45, 2.75) is 0 Å². The molecule has 0 amide bonds. The normalized spacial score (nSPS) is 10.4. The lowest BCUT2D eigenvalue weighted by Gasteiger charge is -2.09. The van der Waals surface area contributed by atoms with Crippen molar-refractivity contribution in [3.8, 4) is 17.0 Å². The van der Waals surface area contributed by atoms with Crippen LogP contribution < -0.4 is 4.74 Å². The van der Waals surface area contributed by atoms with E-state index in [-0.39, 0.29) is 13.2 Å². The molecule has 2 rings (SSSR count). The summed E-state index contributed by atoms with van der Waals surface area (Å²) in [7, 11) is 0. The average Bonchev–Trinajstić information content (AvgIpc) is 2.80. The summed E-state index contributed by atoms with van der Waals surface area (Å²) in [6.07, 6.45) is 0. The van der Waals surface area contributed by atoms with Crippen LogP contribution in [0.1, 0.15) is 0 Å². The highest BCUT2D eigenvalue weighted by Crippen LogP contribution is 2.32. The fourth-order valence-corrected chi connectivity index (χ4v) is 2.15. The number of ether oxygens (including phenoxy) is 1. The molecular weight excluding hydrogens is 290 g/mol. The average molecular weight is 299 g/mol. The van der Waals surface area contributed by atoms with Gasteiger partial charge in [0.05, 0.1) is 12.3 Å². The molecule has 0 bridgehead atoms. The zero-order valence-electron chi connectivity index (χ0n) is 8.31. The molecule has 1 aromatic heterocycles. The van der Waals surface area contributed by atoms with E-state index in [9.17, 15) is 0 Å². The number of hydrogen-bond donors (Lipinski definition) is 1. The summed E-state index contributed by atoms with van der Waals surface area (Å²) in [6, 6.07) is 5.69. The summed E-state index contributed by atoms with van der Waals surface area (Å²) in [5.74, 6) is 0.719. The van der Waals surface area contributed by atoms with Crippen molar-refractivity contribution in [2.75, 3.05) is 13.2 Å². The number of nitrogens with zero attached hydrogens (tertiary/aromatic N) is 1. The van der Waals surface area contributed by atoms with Crippen molar-refractivity contribution >= 4 is 27.3 Å². The summed E-state index contributed by atoms with van der Waals surface area (Å²) < 4.78 is 6.41. The first kappa shape index (κ1) is 11.6. The van der Waals surface area contributed by atoms with Gasteiger partial charge >= 0.3 is 0 Å². The summed E-state index contributed by atoms with van der Waals surface area (Å²) in [5, 5.41) is 10.7. The number of halogens is 1. The molecule has 1 radical (unpaired) electrons. The number of aliphatic hydroxyl groups is 1. The lowest BCUT2D eigenvalue weighted by Crippen LogP contribution is -2.02. The molecule has 2 aromatic rings. The van der Waals surface area contributed by atoms with Crippen LogP contribution in [0, 0.1) is 5.51 Å². The van der Waals surface area contributed by atoms with Gasteiger partial charge in [0, 0.05) is 15.4 Å². The molecule has 0 aliphatic heterocycles. The van der Waals surface area contributed by atoms with Gasteiger partial charge in [-0.05, 0) is 18.2 Å². The van der Waals surface area contributed by atoms with Crippen LogP contribution in [0.2, 0.25) is 0 Å². The number of aromatic nitrogens is 1. The van der Waals surface area contributed by atoms with E-state index in [1.165, 1.54) is 11.3 Å². The lowest BCUT2D eigenvalue weighted by atomic mass is 10.1. The van der Waals surface area contributed by atoms with Crippen LogP contribution in [0.5, 0.6) is 5.75 Å². The quantitative estimate of drug-likeness (QED) is 0.944. The number of aliphatic hydroxyl groups excluding tert-OH is 1. The van der Waals surface area contributed by atoms with Gasteiger partial charge in [0.25, 0.3) is 0 Å². The van der Waals surface area contributed by atoms with E-state index in [0.29, 0.717) is 0 Å². The Morgan fingerprint density at radius 1 is 1.50 bits per heavy atom. The first-order valence-electron chi connectivity index (χ1n) is 4.66. The Morgan fingerprint density at radius 3 is 3.06 bits per heavy atom. The predicted molar refractivity (Wildman–Crippen MR) is 66.7 cm³/mol. The number of benzene rings is 1. The van der Waals surface area contributed by atoms with Gasteiger partial charge in [-0.3, -0.25) is 0 Å². The molecule has 0 saturated carbocycles. The lowest BCUT2D eigenvalue weighted by molar-refractivity contribution is 0.202. The third-order valence-electron chi connectivity index (χ3n) is 1.96. The SMILES string of the molecule is OCCOc1ccc(Br)cc1-c1cs[c]n1. The van der Waals surface area contributed by atoms with E-state index in [4.69, 9.17) is 9.84 Å². The fraction of sp³-hybridized carbons (Fsp3) is 0.182. The van der Waals surface area contributed by atoms with Crippen molar-refractivity contribution in [1.29, 1.82) is 0 Å². The van der Waals surface area contributed by atoms with Crippen molar-refractivity contribution in [3.63, 3.8) is 0 Å². The first-order valence-corrected chi connectivity index (χ1v) is 6.33. The predicted octanol–water partition coefficient (Wildman–Crippen LogP) is 2.74. The maximum Gasteiger partial charge on any atom is 0.152 e. The van der Waals surface area contributed by atoms with E-state index < -0.39 is 0 Å². The van der Waals surface area contributed by atoms with Crippen LogP contribution in [-0.2, 0) is 0 Å². The molecule has 3 nitrogen and oxygen atoms in total. The minimum atomic E-state index is -0.00130. The second-order valence-corrected chi connectivity index (χ2v) is 4.61. The Labute approximate surface area is 106 Å². The van der Waals surface area contributed by atoms with Gasteiger partial charge in [-0.25, -0.2) is 4.98 Å². The van der Waals surface area contributed by atoms with Gasteiger partial charge in [-0.1, -0.05) is 15.9 Å². The highest BCUT2D eigenvalue weighted by molar-refractivity contribution is 9.10. The van der Waals surface area contributed by atoms with Crippen molar-refractivity contribution in [2.24, 2.45) is 0 Å². The van der Waals surface area contributed by atoms with Gasteiger partial charge in [-0.2, -0.15) is 0 Å². The molecule has 83 valence electrons. The maximum absolute atomic E-state index is 8.75. The van der Waals surface area contributed by atoms with Crippen LogP contribution in [0.4, 0.5) is 0 Å². The molecule has 0 aliphatic rings. The maximum atomic E-state index is 8.75. The molecule has 0 aliphatic carbocycles. The van der Waals surface area contributed by atoms with E-state index in [0.717, 1.165) is 21.5 Å². The number of rotatable bonds is 4. The highest BCUT2D eigenvalue weighted by atomic mass is 79.9. The second kappa shape index (κ2) is 5.43. The van der Waals surface area contributed by atoms with Crippen LogP contribution in [0.3, 0.4) is 0 Å². The minimum Gasteiger partial charge on any atom is -0.490 e. The van der Waals surface area contributed by atoms with Gasteiger partial charge in [-0.15, -0.1) is 11.3 Å². The molecule has 0 atom stereocenters. The molecule has 1 N–H and O–H groups in total. The summed E-state index contributed by atoms with van der Waals surface area (Å²) >= 11 is 4.83. The molecule has 16 heavy (non-hydrogen) atoms. The second-order valence-electron chi connectivity index (χ2n) is 3.04. The van der Waals surface area contributed by atoms with Gasteiger partial charge in [0.2, 0.25) is 0 Å². The topological polar surface area (TPSA) is 42.4 Å². The van der Waals surface area contributed by atoms with Crippen LogP contribution in [-0.4, -0.2) is 23.3 Å². The molecular formula is C11H9BrNO2S. The zero-order chi connectivity index (χ0) is 11.4. The molecule has 1 heterocycles. The molecule has 5 heteroatoms. The van der Waals surface area contributed by atoms with Crippen LogP contribution in [0.15, 0.2) is 28.1 Å². The third kappa shape index (κ3) is 2.61. The smallest absolute Gasteiger partial charge is 0.152 e. The largest absolute Gasteiger partial charge is 0.490 e. The van der Waals surface area contributed by atoms with E-state index in [2.05, 4.69) is 26.4 Å². The molecule has 0 spiro atoms. The Kier molecular flexibility index (Phi) is 3.93. The van der Waals surface area contributed by atoms with Crippen molar-refractivity contribution < 1.29 is 9.84 Å². The fourth-order valence-electron chi connectivity index (χ4n) is 1.29. The third-order valence-corrected chi connectivity index (χ3v) is 2.99. The number of hydrogen-bond acceptors (Lipinski definition) is 4. The minimum absolute atomic E-state index is 0.00130. The molecule has 0 fully saturated rings. The van der Waals surface area contributed by atoms with Gasteiger partial charge in [0.1, 0.15) is 12.4 Å². The first-order chi connectivity index (χ1) is 7.81. The van der Waals surface area contributed by atoms with E-state index in [1.807, 2.05) is 23.6 Å². The summed E-state index contributed by atoms with van der Waals surface area (Å²) in [4.78, 5) is 4.13. The Hall–Kier alpha value is -0.910. The van der Waals surface area contributed by atoms with Crippen LogP contribution >= 0.6 is 27.3 Å². The number of thiazole rings is 1.